The number of aliphatic hydroxyl groups is 1. The minimum Gasteiger partial charge on any atom is -0.493 e. The van der Waals surface area contributed by atoms with Gasteiger partial charge in [-0.15, -0.1) is 0 Å². The van der Waals surface area contributed by atoms with Gasteiger partial charge in [0.2, 0.25) is 5.75 Å². The molecule has 0 heterocycles. The Morgan fingerprint density at radius 3 is 2.28 bits per heavy atom. The molecule has 0 atom stereocenters. The Balaban J connectivity index is 2.89. The second-order valence-electron chi connectivity index (χ2n) is 3.60. The third-order valence-corrected chi connectivity index (χ3v) is 2.38. The molecule has 1 N–H and O–H groups in total. The molecule has 5 nitrogen and oxygen atoms in total. The van der Waals surface area contributed by atoms with Crippen LogP contribution in [-0.2, 0) is 6.61 Å². The zero-order valence-corrected chi connectivity index (χ0v) is 10.6. The molecule has 0 aromatic heterocycles. The zero-order chi connectivity index (χ0) is 13.4. The van der Waals surface area contributed by atoms with Gasteiger partial charge < -0.3 is 19.3 Å². The number of aliphatic hydroxyl groups excluding tert-OH is 1. The number of rotatable bonds is 7. The lowest BCUT2D eigenvalue weighted by molar-refractivity contribution is 0.264. The number of hydrogen-bond donors (Lipinski definition) is 1. The van der Waals surface area contributed by atoms with Gasteiger partial charge in [-0.1, -0.05) is 0 Å². The molecule has 18 heavy (non-hydrogen) atoms. The first kappa shape index (κ1) is 14.1. The van der Waals surface area contributed by atoms with E-state index < -0.39 is 0 Å². The van der Waals surface area contributed by atoms with Crippen molar-refractivity contribution in [2.24, 2.45) is 0 Å². The van der Waals surface area contributed by atoms with Crippen LogP contribution in [0.1, 0.15) is 18.4 Å². The van der Waals surface area contributed by atoms with E-state index in [1.54, 1.807) is 12.1 Å². The molecule has 0 fully saturated rings. The number of ether oxygens (including phenoxy) is 3. The second kappa shape index (κ2) is 7.41. The Hall–Kier alpha value is -1.93. The highest BCUT2D eigenvalue weighted by molar-refractivity contribution is 5.53. The summed E-state index contributed by atoms with van der Waals surface area (Å²) >= 11 is 0. The largest absolute Gasteiger partial charge is 0.493 e. The van der Waals surface area contributed by atoms with E-state index in [1.807, 2.05) is 0 Å². The first-order valence-corrected chi connectivity index (χ1v) is 5.62. The van der Waals surface area contributed by atoms with Crippen LogP contribution in [-0.4, -0.2) is 25.9 Å². The van der Waals surface area contributed by atoms with Gasteiger partial charge in [0.05, 0.1) is 33.5 Å². The fraction of sp³-hybridized carbons (Fsp3) is 0.462. The summed E-state index contributed by atoms with van der Waals surface area (Å²) in [5, 5.41) is 17.6. The Labute approximate surface area is 107 Å². The van der Waals surface area contributed by atoms with E-state index in [2.05, 4.69) is 6.07 Å². The van der Waals surface area contributed by atoms with Gasteiger partial charge in [-0.3, -0.25) is 0 Å². The summed E-state index contributed by atoms with van der Waals surface area (Å²) < 4.78 is 16.0. The van der Waals surface area contributed by atoms with Crippen molar-refractivity contribution in [1.82, 2.24) is 0 Å². The highest BCUT2D eigenvalue weighted by atomic mass is 16.5. The standard InChI is InChI=1S/C13H17NO4/c1-16-11-7-10(9-15)8-12(17-2)13(11)18-6-4-3-5-14/h7-8,15H,3-4,6,9H2,1-2H3. The normalized spacial score (nSPS) is 9.67. The summed E-state index contributed by atoms with van der Waals surface area (Å²) in [7, 11) is 3.05. The Bertz CT molecular complexity index is 400. The van der Waals surface area contributed by atoms with Crippen molar-refractivity contribution in [2.75, 3.05) is 20.8 Å². The number of nitriles is 1. The third kappa shape index (κ3) is 3.54. The van der Waals surface area contributed by atoms with Crippen molar-refractivity contribution in [2.45, 2.75) is 19.4 Å². The van der Waals surface area contributed by atoms with Crippen molar-refractivity contribution in [3.63, 3.8) is 0 Å². The Morgan fingerprint density at radius 2 is 1.83 bits per heavy atom. The number of methoxy groups -OCH3 is 2. The maximum Gasteiger partial charge on any atom is 0.203 e. The van der Waals surface area contributed by atoms with Gasteiger partial charge in [0.1, 0.15) is 0 Å². The fourth-order valence-electron chi connectivity index (χ4n) is 1.49. The van der Waals surface area contributed by atoms with E-state index in [-0.39, 0.29) is 6.61 Å². The van der Waals surface area contributed by atoms with Crippen molar-refractivity contribution >= 4 is 0 Å². The first-order chi connectivity index (χ1) is 8.76. The molecule has 0 aliphatic rings. The Morgan fingerprint density at radius 1 is 1.22 bits per heavy atom. The van der Waals surface area contributed by atoms with Crippen LogP contribution in [0.15, 0.2) is 12.1 Å². The molecule has 98 valence electrons. The lowest BCUT2D eigenvalue weighted by atomic mass is 10.2. The van der Waals surface area contributed by atoms with Gasteiger partial charge >= 0.3 is 0 Å². The molecular weight excluding hydrogens is 234 g/mol. The molecule has 0 spiro atoms. The van der Waals surface area contributed by atoms with E-state index in [0.29, 0.717) is 42.3 Å². The van der Waals surface area contributed by atoms with Crippen LogP contribution in [0.2, 0.25) is 0 Å². The van der Waals surface area contributed by atoms with Crippen LogP contribution in [0, 0.1) is 11.3 Å². The molecule has 1 aromatic rings. The van der Waals surface area contributed by atoms with E-state index in [0.717, 1.165) is 0 Å². The van der Waals surface area contributed by atoms with Crippen LogP contribution in [0.5, 0.6) is 17.2 Å². The molecule has 0 amide bonds. The number of benzene rings is 1. The summed E-state index contributed by atoms with van der Waals surface area (Å²) in [5.74, 6) is 1.51. The topological polar surface area (TPSA) is 71.7 Å². The quantitative estimate of drug-likeness (QED) is 0.749. The third-order valence-electron chi connectivity index (χ3n) is 2.38. The van der Waals surface area contributed by atoms with Crippen molar-refractivity contribution in [3.05, 3.63) is 17.7 Å². The predicted molar refractivity (Wildman–Crippen MR) is 65.8 cm³/mol. The number of unbranched alkanes of at least 4 members (excludes halogenated alkanes) is 1. The van der Waals surface area contributed by atoms with Gasteiger partial charge in [-0.25, -0.2) is 0 Å². The molecule has 0 radical (unpaired) electrons. The lowest BCUT2D eigenvalue weighted by Crippen LogP contribution is -2.02. The highest BCUT2D eigenvalue weighted by Gasteiger charge is 2.13. The molecule has 0 unspecified atom stereocenters. The van der Waals surface area contributed by atoms with Crippen molar-refractivity contribution < 1.29 is 19.3 Å². The van der Waals surface area contributed by atoms with Crippen molar-refractivity contribution in [1.29, 1.82) is 5.26 Å². The first-order valence-electron chi connectivity index (χ1n) is 5.62. The maximum absolute atomic E-state index is 9.13. The SMILES string of the molecule is COc1cc(CO)cc(OC)c1OCCCC#N. The summed E-state index contributed by atoms with van der Waals surface area (Å²) in [6.07, 6.45) is 1.09. The number of hydrogen-bond acceptors (Lipinski definition) is 5. The molecule has 5 heteroatoms. The Kier molecular flexibility index (Phi) is 5.81. The van der Waals surface area contributed by atoms with Gasteiger partial charge in [-0.05, 0) is 24.1 Å². The average molecular weight is 251 g/mol. The molecule has 0 aliphatic heterocycles. The summed E-state index contributed by atoms with van der Waals surface area (Å²) in [5.41, 5.74) is 0.688. The van der Waals surface area contributed by atoms with Gasteiger partial charge in [0.15, 0.2) is 11.5 Å². The molecule has 0 saturated heterocycles. The number of nitrogens with zero attached hydrogens (tertiary/aromatic N) is 1. The van der Waals surface area contributed by atoms with Crippen LogP contribution in [0.3, 0.4) is 0 Å². The van der Waals surface area contributed by atoms with Gasteiger partial charge in [0.25, 0.3) is 0 Å². The van der Waals surface area contributed by atoms with Crippen LogP contribution < -0.4 is 14.2 Å². The smallest absolute Gasteiger partial charge is 0.203 e. The second-order valence-corrected chi connectivity index (χ2v) is 3.60. The lowest BCUT2D eigenvalue weighted by Gasteiger charge is -2.15. The molecule has 0 saturated carbocycles. The maximum atomic E-state index is 9.13. The van der Waals surface area contributed by atoms with Crippen LogP contribution in [0.4, 0.5) is 0 Å². The fourth-order valence-corrected chi connectivity index (χ4v) is 1.49. The summed E-state index contributed by atoms with van der Waals surface area (Å²) in [6, 6.07) is 5.45. The minimum atomic E-state index is -0.0958. The van der Waals surface area contributed by atoms with E-state index in [1.165, 1.54) is 14.2 Å². The zero-order valence-electron chi connectivity index (χ0n) is 10.6. The van der Waals surface area contributed by atoms with Gasteiger partial charge in [-0.2, -0.15) is 5.26 Å². The van der Waals surface area contributed by atoms with Gasteiger partial charge in [0, 0.05) is 6.42 Å². The monoisotopic (exact) mass is 251 g/mol. The molecule has 1 rings (SSSR count). The van der Waals surface area contributed by atoms with Crippen LogP contribution >= 0.6 is 0 Å². The molecule has 1 aromatic carbocycles. The average Bonchev–Trinajstić information content (AvgIpc) is 2.42. The van der Waals surface area contributed by atoms with E-state index >= 15 is 0 Å². The van der Waals surface area contributed by atoms with Crippen molar-refractivity contribution in [3.8, 4) is 23.3 Å². The molecular formula is C13H17NO4. The minimum absolute atomic E-state index is 0.0958. The van der Waals surface area contributed by atoms with E-state index in [4.69, 9.17) is 24.6 Å². The molecule has 0 bridgehead atoms. The summed E-state index contributed by atoms with van der Waals surface area (Å²) in [6.45, 7) is 0.320. The predicted octanol–water partition coefficient (Wildman–Crippen LogP) is 1.88. The molecule has 0 aliphatic carbocycles. The highest BCUT2D eigenvalue weighted by Crippen LogP contribution is 2.38. The summed E-state index contributed by atoms with van der Waals surface area (Å²) in [4.78, 5) is 0. The van der Waals surface area contributed by atoms with Crippen LogP contribution in [0.25, 0.3) is 0 Å². The van der Waals surface area contributed by atoms with E-state index in [9.17, 15) is 0 Å².